The van der Waals surface area contributed by atoms with Gasteiger partial charge in [0.05, 0.1) is 100 Å². The maximum absolute atomic E-state index is 13.6. The molecule has 6 aliphatic rings. The van der Waals surface area contributed by atoms with Crippen molar-refractivity contribution in [3.63, 3.8) is 0 Å². The second-order valence-corrected chi connectivity index (χ2v) is 27.8. The van der Waals surface area contributed by atoms with Gasteiger partial charge in [-0.3, -0.25) is 28.2 Å². The number of aliphatic hydroxyl groups is 2. The molecule has 16 heterocycles. The number of aryl methyl sites for hydroxylation is 1. The Morgan fingerprint density at radius 2 is 1.19 bits per heavy atom. The van der Waals surface area contributed by atoms with Crippen molar-refractivity contribution in [3.8, 4) is 33.8 Å². The molecular formula is C78H76F2N18O7. The van der Waals surface area contributed by atoms with Crippen LogP contribution in [0.2, 0.25) is 0 Å². The molecule has 18 rings (SSSR count). The number of pyridine rings is 7. The van der Waals surface area contributed by atoms with Crippen LogP contribution in [-0.4, -0.2) is 147 Å². The highest BCUT2D eigenvalue weighted by Gasteiger charge is 2.38. The number of aliphatic hydroxyl groups excluding tert-OH is 1. The van der Waals surface area contributed by atoms with Gasteiger partial charge < -0.3 is 66.0 Å². The van der Waals surface area contributed by atoms with Crippen LogP contribution < -0.4 is 36.8 Å². The summed E-state index contributed by atoms with van der Waals surface area (Å²) in [5.74, 6) is 0.781. The van der Waals surface area contributed by atoms with E-state index in [1.54, 1.807) is 61.0 Å². The molecule has 534 valence electrons. The van der Waals surface area contributed by atoms with Gasteiger partial charge in [-0.1, -0.05) is 31.2 Å². The molecule has 2 aromatic carbocycles. The highest BCUT2D eigenvalue weighted by molar-refractivity contribution is 6.08. The molecule has 1 atom stereocenters. The number of fused-ring (bicyclic) bond motifs is 6. The van der Waals surface area contributed by atoms with Gasteiger partial charge in [0.1, 0.15) is 51.6 Å². The third kappa shape index (κ3) is 12.8. The van der Waals surface area contributed by atoms with Gasteiger partial charge in [-0.05, 0) is 124 Å². The highest BCUT2D eigenvalue weighted by atomic mass is 19.1. The Bertz CT molecular complexity index is 5360. The summed E-state index contributed by atoms with van der Waals surface area (Å²) in [4.78, 5) is 74.9. The molecule has 27 heteroatoms. The maximum atomic E-state index is 13.6. The number of carbonyl (C=O) groups excluding carboxylic acids is 3. The van der Waals surface area contributed by atoms with Gasteiger partial charge in [0.25, 0.3) is 17.7 Å². The minimum absolute atomic E-state index is 0.0188. The average Bonchev–Trinajstić information content (AvgIpc) is 1.66. The number of hydrogen-bond donors (Lipinski definition) is 8. The number of likely N-dealkylation sites (tertiary alicyclic amines) is 1. The number of ether oxygens (including phenoxy) is 2. The minimum atomic E-state index is -1.01. The Kier molecular flexibility index (Phi) is 17.8. The Labute approximate surface area is 601 Å². The molecule has 3 fully saturated rings. The zero-order chi connectivity index (χ0) is 72.3. The predicted octanol–water partition coefficient (Wildman–Crippen LogP) is 10.6. The summed E-state index contributed by atoms with van der Waals surface area (Å²) < 4.78 is 43.7. The summed E-state index contributed by atoms with van der Waals surface area (Å²) in [7, 11) is 5.79. The van der Waals surface area contributed by atoms with Crippen LogP contribution in [0.25, 0.3) is 56.1 Å². The van der Waals surface area contributed by atoms with Crippen LogP contribution in [0.1, 0.15) is 98.0 Å². The Morgan fingerprint density at radius 3 is 1.76 bits per heavy atom. The molecule has 10 aromatic heterocycles. The van der Waals surface area contributed by atoms with Crippen molar-refractivity contribution < 1.29 is 42.9 Å². The van der Waals surface area contributed by atoms with Gasteiger partial charge in [0.15, 0.2) is 0 Å². The first-order valence-electron chi connectivity index (χ1n) is 34.9. The molecule has 12 aromatic rings. The van der Waals surface area contributed by atoms with E-state index in [2.05, 4.69) is 86.7 Å². The second kappa shape index (κ2) is 27.5. The molecule has 0 aliphatic carbocycles. The van der Waals surface area contributed by atoms with Gasteiger partial charge in [-0.15, -0.1) is 0 Å². The lowest BCUT2D eigenvalue weighted by Crippen LogP contribution is -2.48. The number of hydrogen-bond acceptors (Lipinski definition) is 19. The van der Waals surface area contributed by atoms with Crippen molar-refractivity contribution in [2.24, 2.45) is 7.05 Å². The zero-order valence-electron chi connectivity index (χ0n) is 58.2. The number of piperidine rings is 2. The lowest BCUT2D eigenvalue weighted by Gasteiger charge is -2.40. The van der Waals surface area contributed by atoms with Crippen LogP contribution in [0, 0.1) is 11.6 Å². The molecule has 0 bridgehead atoms. The third-order valence-electron chi connectivity index (χ3n) is 21.3. The SMILES string of the molecule is CN1CCC(C)(c2cccc(Nc3cnc(-c4ccnc5c4ccn5C)c4c3C(=O)NC4)n2)CC1.COC1(CO)CCN(c2ccc(Nc3ccc(-c4cnc5cc(F)ccn45)c4c3C(=O)NC4)nc2)CC1.O=C1NCc2c(-c3cnc4cc(F)ccn34)ccc(Nc3ccc([C@@]4(O)CCOC4)cn3)c21. The first-order chi connectivity index (χ1) is 50.9. The molecule has 0 spiro atoms. The fraction of sp³-hybridized carbons (Fsp3) is 0.282. The Morgan fingerprint density at radius 1 is 0.590 bits per heavy atom. The number of nitrogens with zero attached hydrogens (tertiary/aromatic N) is 12. The number of halogens is 2. The van der Waals surface area contributed by atoms with E-state index in [1.807, 2.05) is 95.1 Å². The van der Waals surface area contributed by atoms with Gasteiger partial charge in [-0.25, -0.2) is 38.7 Å². The fourth-order valence-corrected chi connectivity index (χ4v) is 15.0. The number of nitrogens with one attached hydrogen (secondary N) is 6. The zero-order valence-corrected chi connectivity index (χ0v) is 58.2. The second-order valence-electron chi connectivity index (χ2n) is 27.8. The number of carbonyl (C=O) groups is 3. The smallest absolute Gasteiger partial charge is 0.254 e. The van der Waals surface area contributed by atoms with Crippen LogP contribution >= 0.6 is 0 Å². The first-order valence-corrected chi connectivity index (χ1v) is 34.9. The Hall–Kier alpha value is -11.6. The molecule has 25 nitrogen and oxygen atoms in total. The average molecular weight is 1420 g/mol. The summed E-state index contributed by atoms with van der Waals surface area (Å²) >= 11 is 0. The van der Waals surface area contributed by atoms with Gasteiger partial charge in [-0.2, -0.15) is 0 Å². The molecule has 8 N–H and O–H groups in total. The standard InChI is InChI=1S/C27H27FN6O3.C27H29N7O.C24H20FN5O3/c1-37-27(16-35)7-10-33(11-8-27)18-2-5-23(29-13-18)32-21-4-3-19(20-14-31-26(36)25(20)21)22-15-30-24-12-17(28)6-9-34(22)24;1-27(9-13-33(2)14-10-27)21-5-4-6-22(32-21)31-20-16-29-24(19-15-30-26(35)23(19)20)17-7-11-28-25-18(17)8-12-34(25)3;25-15-5-7-30-19(12-27-21(30)9-15)16-2-3-18(22-17(16)11-28-23(22)31)29-20-4-1-14(10-26-20)24(32)6-8-33-13-24/h2-6,9,12-13,15,35H,7-8,10-11,14,16H2,1H3,(H,29,32)(H,31,36);4-8,11-12,16H,9-10,13-15H2,1-3H3,(H,30,35)(H,31,32);1-5,7,9-10,12,32H,6,8,11,13H2,(H,26,29)(H,28,31)/t;;24-/m..1/s1. The third-order valence-corrected chi connectivity index (χ3v) is 21.3. The molecular weight excluding hydrogens is 1340 g/mol. The number of amides is 3. The van der Waals surface area contributed by atoms with Crippen molar-refractivity contribution in [3.05, 3.63) is 215 Å². The number of rotatable bonds is 14. The lowest BCUT2D eigenvalue weighted by atomic mass is 9.77. The van der Waals surface area contributed by atoms with Crippen LogP contribution in [0.15, 0.2) is 159 Å². The number of methoxy groups -OCH3 is 1. The number of imidazole rings is 2. The lowest BCUT2D eigenvalue weighted by molar-refractivity contribution is -0.0672. The van der Waals surface area contributed by atoms with Crippen LogP contribution in [-0.2, 0) is 47.2 Å². The normalized spacial score (nSPS) is 17.8. The van der Waals surface area contributed by atoms with Gasteiger partial charge in [0.2, 0.25) is 0 Å². The van der Waals surface area contributed by atoms with E-state index in [-0.39, 0.29) is 48.0 Å². The van der Waals surface area contributed by atoms with E-state index in [9.17, 15) is 33.4 Å². The molecule has 105 heavy (non-hydrogen) atoms. The van der Waals surface area contributed by atoms with E-state index in [1.165, 1.54) is 24.3 Å². The predicted molar refractivity (Wildman–Crippen MR) is 393 cm³/mol. The molecule has 6 aliphatic heterocycles. The van der Waals surface area contributed by atoms with E-state index < -0.39 is 11.2 Å². The number of benzene rings is 2. The van der Waals surface area contributed by atoms with Crippen LogP contribution in [0.4, 0.5) is 49.0 Å². The van der Waals surface area contributed by atoms with Crippen LogP contribution in [0.5, 0.6) is 0 Å². The minimum Gasteiger partial charge on any atom is -0.393 e. The molecule has 3 amide bonds. The largest absolute Gasteiger partial charge is 0.393 e. The Balaban J connectivity index is 0.000000121. The quantitative estimate of drug-likeness (QED) is 0.0502. The van der Waals surface area contributed by atoms with E-state index in [0.29, 0.717) is 94.9 Å². The van der Waals surface area contributed by atoms with E-state index >= 15 is 0 Å². The van der Waals surface area contributed by atoms with Gasteiger partial charge in [0, 0.05) is 147 Å². The summed E-state index contributed by atoms with van der Waals surface area (Å²) in [5, 5.41) is 40.1. The summed E-state index contributed by atoms with van der Waals surface area (Å²) in [6.45, 7) is 7.99. The van der Waals surface area contributed by atoms with Crippen LogP contribution in [0.3, 0.4) is 0 Å². The summed E-state index contributed by atoms with van der Waals surface area (Å²) in [6, 6.07) is 30.7. The topological polar surface area (TPSA) is 293 Å². The monoisotopic (exact) mass is 1410 g/mol. The van der Waals surface area contributed by atoms with Crippen molar-refractivity contribution in [1.29, 1.82) is 0 Å². The fourth-order valence-electron chi connectivity index (χ4n) is 15.0. The molecule has 0 unspecified atom stereocenters. The van der Waals surface area contributed by atoms with Gasteiger partial charge >= 0.3 is 0 Å². The van der Waals surface area contributed by atoms with Crippen molar-refractivity contribution in [1.82, 2.24) is 69.1 Å². The summed E-state index contributed by atoms with van der Waals surface area (Å²) in [5.41, 5.74) is 14.6. The van der Waals surface area contributed by atoms with E-state index in [0.717, 1.165) is 131 Å². The number of anilines is 7. The number of aromatic nitrogens is 10. The maximum Gasteiger partial charge on any atom is 0.254 e. The van der Waals surface area contributed by atoms with Crippen molar-refractivity contribution >= 4 is 80.3 Å². The highest BCUT2D eigenvalue weighted by Crippen LogP contribution is 2.42. The molecule has 3 saturated heterocycles. The summed E-state index contributed by atoms with van der Waals surface area (Å²) in [6.07, 6.45) is 19.8. The molecule has 0 radical (unpaired) electrons. The van der Waals surface area contributed by atoms with Crippen molar-refractivity contribution in [2.45, 2.75) is 75.3 Å². The van der Waals surface area contributed by atoms with Crippen molar-refractivity contribution in [2.75, 3.05) is 81.0 Å². The van der Waals surface area contributed by atoms with E-state index in [4.69, 9.17) is 19.4 Å². The molecule has 0 saturated carbocycles. The first kappa shape index (κ1) is 67.8.